The summed E-state index contributed by atoms with van der Waals surface area (Å²) in [5.74, 6) is -5.70. The molecule has 0 spiro atoms. The Balaban J connectivity index is 6.15. The molecule has 0 aliphatic rings. The number of carbonyl (C=O) groups is 7. The third kappa shape index (κ3) is 19.3. The SMILES string of the molecule is C[C@H](N)C(=O)N[C@@H](CCCN)C(=O)N[C@@H](CCCN)C(=O)N[C@@H](CCCN)C(=O)N[C@@H](CCCN)C(=O)N[C@@H](CCCN)C(=O)N[C@@H](CS)C(=O)O. The molecule has 0 aromatic rings. The summed E-state index contributed by atoms with van der Waals surface area (Å²) in [5, 5.41) is 24.7. The molecule has 20 nitrogen and oxygen atoms in total. The predicted molar refractivity (Wildman–Crippen MR) is 198 cm³/mol. The van der Waals surface area contributed by atoms with Crippen molar-refractivity contribution in [3.05, 3.63) is 0 Å². The Morgan fingerprint density at radius 1 is 0.462 bits per heavy atom. The molecular formula is C31H62N12O8S. The molecule has 0 bridgehead atoms. The topological polar surface area (TPSA) is 368 Å². The highest BCUT2D eigenvalue weighted by atomic mass is 32.1. The van der Waals surface area contributed by atoms with Crippen molar-refractivity contribution in [2.24, 2.45) is 34.4 Å². The summed E-state index contributed by atoms with van der Waals surface area (Å²) in [6.45, 7) is 2.44. The van der Waals surface area contributed by atoms with E-state index in [1.807, 2.05) is 0 Å². The Bertz CT molecular complexity index is 1140. The van der Waals surface area contributed by atoms with Crippen LogP contribution in [0, 0.1) is 0 Å². The highest BCUT2D eigenvalue weighted by molar-refractivity contribution is 7.80. The number of nitrogens with two attached hydrogens (primary N) is 6. The summed E-state index contributed by atoms with van der Waals surface area (Å²) >= 11 is 3.95. The third-order valence-electron chi connectivity index (χ3n) is 7.86. The molecule has 0 radical (unpaired) electrons. The van der Waals surface area contributed by atoms with E-state index < -0.39 is 83.7 Å². The zero-order valence-electron chi connectivity index (χ0n) is 30.1. The standard InChI is InChI=1S/C31H62N12O8S/c1-18(37)25(44)38-19(7-2-12-32)26(45)39-20(8-3-13-33)27(46)40-21(9-4-14-34)28(47)41-22(10-5-15-35)29(48)42-23(11-6-16-36)30(49)43-24(17-52)31(50)51/h18-24,52H,2-17,32-37H2,1H3,(H,38,44)(H,39,45)(H,40,46)(H,41,47)(H,42,48)(H,43,49)(H,50,51)/t18-,19-,20-,21-,22-,23-,24-/m0/s1. The number of carboxylic acids is 1. The van der Waals surface area contributed by atoms with E-state index in [0.717, 1.165) is 0 Å². The number of hydrogen-bond acceptors (Lipinski definition) is 14. The maximum atomic E-state index is 13.7. The first-order valence-corrected chi connectivity index (χ1v) is 18.3. The normalized spacial score (nSPS) is 15.1. The fraction of sp³-hybridized carbons (Fsp3) is 0.774. The molecular weight excluding hydrogens is 700 g/mol. The van der Waals surface area contributed by atoms with E-state index in [-0.39, 0.29) is 70.6 Å². The zero-order valence-corrected chi connectivity index (χ0v) is 31.0. The van der Waals surface area contributed by atoms with E-state index in [1.54, 1.807) is 0 Å². The number of carboxylic acid groups (broad SMARTS) is 1. The van der Waals surface area contributed by atoms with Gasteiger partial charge in [-0.05, 0) is 104 Å². The van der Waals surface area contributed by atoms with Gasteiger partial charge in [0.2, 0.25) is 35.4 Å². The molecule has 0 saturated heterocycles. The van der Waals surface area contributed by atoms with Crippen LogP contribution in [0.1, 0.15) is 71.1 Å². The average Bonchev–Trinajstić information content (AvgIpc) is 3.11. The molecule has 21 heteroatoms. The van der Waals surface area contributed by atoms with Crippen molar-refractivity contribution >= 4 is 54.0 Å². The smallest absolute Gasteiger partial charge is 0.327 e. The van der Waals surface area contributed by atoms with Gasteiger partial charge >= 0.3 is 5.97 Å². The number of hydrogen-bond donors (Lipinski definition) is 14. The van der Waals surface area contributed by atoms with E-state index in [2.05, 4.69) is 44.5 Å². The Labute approximate surface area is 310 Å². The molecule has 0 fully saturated rings. The van der Waals surface area contributed by atoms with Crippen LogP contribution in [0.15, 0.2) is 0 Å². The molecule has 6 amide bonds. The van der Waals surface area contributed by atoms with Gasteiger partial charge in [-0.15, -0.1) is 0 Å². The summed E-state index contributed by atoms with van der Waals surface area (Å²) in [6.07, 6.45) is 2.16. The van der Waals surface area contributed by atoms with E-state index >= 15 is 0 Å². The van der Waals surface area contributed by atoms with Gasteiger partial charge in [0.1, 0.15) is 36.3 Å². The van der Waals surface area contributed by atoms with Crippen LogP contribution in [0.2, 0.25) is 0 Å². The Morgan fingerprint density at radius 3 is 0.846 bits per heavy atom. The number of aliphatic carboxylic acids is 1. The Kier molecular flexibility index (Phi) is 26.0. The first-order valence-electron chi connectivity index (χ1n) is 17.6. The maximum absolute atomic E-state index is 13.7. The van der Waals surface area contributed by atoms with Gasteiger partial charge in [0.05, 0.1) is 6.04 Å². The fourth-order valence-electron chi connectivity index (χ4n) is 4.80. The van der Waals surface area contributed by atoms with Gasteiger partial charge in [-0.2, -0.15) is 12.6 Å². The summed E-state index contributed by atoms with van der Waals surface area (Å²) in [6, 6.07) is -7.96. The Morgan fingerprint density at radius 2 is 0.673 bits per heavy atom. The number of amides is 6. The van der Waals surface area contributed by atoms with E-state index in [9.17, 15) is 38.7 Å². The monoisotopic (exact) mass is 762 g/mol. The lowest BCUT2D eigenvalue weighted by molar-refractivity contribution is -0.141. The van der Waals surface area contributed by atoms with Gasteiger partial charge in [0.15, 0.2) is 0 Å². The van der Waals surface area contributed by atoms with Crippen LogP contribution in [0.25, 0.3) is 0 Å². The minimum atomic E-state index is -1.31. The minimum Gasteiger partial charge on any atom is -0.480 e. The van der Waals surface area contributed by atoms with Gasteiger partial charge in [0, 0.05) is 5.75 Å². The second kappa shape index (κ2) is 28.0. The molecule has 0 unspecified atom stereocenters. The zero-order chi connectivity index (χ0) is 39.6. The van der Waals surface area contributed by atoms with E-state index in [1.165, 1.54) is 6.92 Å². The minimum absolute atomic E-state index is 0.0672. The number of nitrogens with one attached hydrogen (secondary N) is 6. The van der Waals surface area contributed by atoms with Gasteiger partial charge in [-0.25, -0.2) is 4.79 Å². The second-order valence-corrected chi connectivity index (χ2v) is 12.7. The lowest BCUT2D eigenvalue weighted by Gasteiger charge is -2.27. The first kappa shape index (κ1) is 48.4. The highest BCUT2D eigenvalue weighted by Crippen LogP contribution is 2.08. The lowest BCUT2D eigenvalue weighted by atomic mass is 10.0. The van der Waals surface area contributed by atoms with Crippen LogP contribution in [-0.4, -0.2) is 127 Å². The van der Waals surface area contributed by atoms with E-state index in [4.69, 9.17) is 34.4 Å². The molecule has 0 aromatic heterocycles. The van der Waals surface area contributed by atoms with Crippen LogP contribution in [-0.2, 0) is 33.6 Å². The molecule has 300 valence electrons. The molecule has 19 N–H and O–H groups in total. The summed E-state index contributed by atoms with van der Waals surface area (Å²) in [7, 11) is 0. The van der Waals surface area contributed by atoms with E-state index in [0.29, 0.717) is 32.1 Å². The molecule has 0 aliphatic heterocycles. The van der Waals surface area contributed by atoms with Crippen molar-refractivity contribution in [3.63, 3.8) is 0 Å². The van der Waals surface area contributed by atoms with Gasteiger partial charge in [-0.1, -0.05) is 0 Å². The number of rotatable bonds is 29. The molecule has 0 heterocycles. The highest BCUT2D eigenvalue weighted by Gasteiger charge is 2.33. The Hall–Kier alpha value is -3.60. The summed E-state index contributed by atoms with van der Waals surface area (Å²) in [4.78, 5) is 90.7. The van der Waals surface area contributed by atoms with Crippen LogP contribution >= 0.6 is 12.6 Å². The number of thiol groups is 1. The summed E-state index contributed by atoms with van der Waals surface area (Å²) in [5.41, 5.74) is 33.9. The van der Waals surface area contributed by atoms with Crippen LogP contribution in [0.5, 0.6) is 0 Å². The van der Waals surface area contributed by atoms with Gasteiger partial charge in [0.25, 0.3) is 0 Å². The van der Waals surface area contributed by atoms with Crippen LogP contribution < -0.4 is 66.3 Å². The van der Waals surface area contributed by atoms with Crippen molar-refractivity contribution in [2.75, 3.05) is 38.5 Å². The fourth-order valence-corrected chi connectivity index (χ4v) is 5.05. The maximum Gasteiger partial charge on any atom is 0.327 e. The van der Waals surface area contributed by atoms with Crippen molar-refractivity contribution < 1.29 is 38.7 Å². The molecule has 0 saturated carbocycles. The molecule has 0 aliphatic carbocycles. The third-order valence-corrected chi connectivity index (χ3v) is 8.23. The number of carbonyl (C=O) groups excluding carboxylic acids is 6. The van der Waals surface area contributed by atoms with Crippen LogP contribution in [0.4, 0.5) is 0 Å². The van der Waals surface area contributed by atoms with Crippen LogP contribution in [0.3, 0.4) is 0 Å². The predicted octanol–water partition coefficient (Wildman–Crippen LogP) is -5.05. The first-order chi connectivity index (χ1) is 24.7. The second-order valence-electron chi connectivity index (χ2n) is 12.3. The molecule has 7 atom stereocenters. The molecule has 52 heavy (non-hydrogen) atoms. The lowest BCUT2D eigenvalue weighted by Crippen LogP contribution is -2.60. The van der Waals surface area contributed by atoms with Crippen molar-refractivity contribution in [3.8, 4) is 0 Å². The van der Waals surface area contributed by atoms with Crippen molar-refractivity contribution in [2.45, 2.75) is 113 Å². The molecule has 0 aromatic carbocycles. The average molecular weight is 763 g/mol. The quantitative estimate of drug-likeness (QED) is 0.0317. The van der Waals surface area contributed by atoms with Crippen molar-refractivity contribution in [1.29, 1.82) is 0 Å². The molecule has 0 rings (SSSR count). The van der Waals surface area contributed by atoms with Gasteiger partial charge < -0.3 is 71.4 Å². The van der Waals surface area contributed by atoms with Gasteiger partial charge in [-0.3, -0.25) is 28.8 Å². The van der Waals surface area contributed by atoms with Crippen molar-refractivity contribution in [1.82, 2.24) is 31.9 Å². The largest absolute Gasteiger partial charge is 0.480 e. The summed E-state index contributed by atoms with van der Waals surface area (Å²) < 4.78 is 0.